The molecule has 0 unspecified atom stereocenters. The predicted molar refractivity (Wildman–Crippen MR) is 131 cm³/mol. The first kappa shape index (κ1) is 26.5. The predicted octanol–water partition coefficient (Wildman–Crippen LogP) is 4.60. The molecule has 0 saturated heterocycles. The van der Waals surface area contributed by atoms with Gasteiger partial charge in [-0.05, 0) is 25.5 Å². The van der Waals surface area contributed by atoms with E-state index in [0.29, 0.717) is 28.7 Å². The minimum absolute atomic E-state index is 0.00804. The van der Waals surface area contributed by atoms with Gasteiger partial charge in [-0.3, -0.25) is 19.3 Å². The molecule has 1 amide bonds. The number of benzene rings is 1. The zero-order valence-corrected chi connectivity index (χ0v) is 20.5. The van der Waals surface area contributed by atoms with Gasteiger partial charge in [0.05, 0.1) is 30.2 Å². The van der Waals surface area contributed by atoms with Crippen LogP contribution in [-0.4, -0.2) is 47.2 Å². The van der Waals surface area contributed by atoms with Gasteiger partial charge in [0.1, 0.15) is 34.8 Å². The summed E-state index contributed by atoms with van der Waals surface area (Å²) in [5.41, 5.74) is 0.511. The number of halogens is 4. The number of nitrogens with zero attached hydrogens (tertiary/aromatic N) is 5. The van der Waals surface area contributed by atoms with Crippen LogP contribution in [0, 0.1) is 16.6 Å². The summed E-state index contributed by atoms with van der Waals surface area (Å²) in [6.45, 7) is 1.48. The van der Waals surface area contributed by atoms with E-state index in [2.05, 4.69) is 15.1 Å². The van der Waals surface area contributed by atoms with Gasteiger partial charge in [0.2, 0.25) is 5.91 Å². The van der Waals surface area contributed by atoms with E-state index in [9.17, 15) is 27.5 Å². The standard InChI is InChI=1S/C25H23F4N7O2/c1-24(2,25(27,28)29)20(37)9-21(30)34-23(38)7-14-4-5-15(6-17(14)26)19-11-31-22-8-18(32-13-36(19)22)16-10-33-35(3)12-16/h4-6,8-13,37H,7H2,1-3H3,(H2,30,34,38)/b20-9-. The maximum absolute atomic E-state index is 14.9. The van der Waals surface area contributed by atoms with E-state index in [0.717, 1.165) is 19.4 Å². The van der Waals surface area contributed by atoms with Gasteiger partial charge in [0.15, 0.2) is 0 Å². The second-order valence-electron chi connectivity index (χ2n) is 9.15. The number of amidine groups is 1. The van der Waals surface area contributed by atoms with Crippen molar-refractivity contribution in [2.24, 2.45) is 12.5 Å². The fourth-order valence-corrected chi connectivity index (χ4v) is 3.52. The van der Waals surface area contributed by atoms with Crippen LogP contribution in [0.4, 0.5) is 17.6 Å². The fraction of sp³-hybridized carbons (Fsp3) is 0.240. The van der Waals surface area contributed by atoms with Gasteiger partial charge in [-0.2, -0.15) is 18.3 Å². The number of aromatic nitrogens is 5. The van der Waals surface area contributed by atoms with Crippen LogP contribution in [0.3, 0.4) is 0 Å². The Bertz CT molecular complexity index is 1570. The Hall–Kier alpha value is -4.55. The molecule has 4 aromatic rings. The fourth-order valence-electron chi connectivity index (χ4n) is 3.52. The Morgan fingerprint density at radius 1 is 1.16 bits per heavy atom. The van der Waals surface area contributed by atoms with E-state index in [1.807, 2.05) is 11.5 Å². The summed E-state index contributed by atoms with van der Waals surface area (Å²) in [4.78, 5) is 21.1. The first-order valence-electron chi connectivity index (χ1n) is 11.2. The molecule has 13 heteroatoms. The van der Waals surface area contributed by atoms with E-state index < -0.39 is 41.3 Å². The first-order chi connectivity index (χ1) is 17.8. The van der Waals surface area contributed by atoms with Gasteiger partial charge >= 0.3 is 6.18 Å². The number of imidazole rings is 1. The molecule has 3 N–H and O–H groups in total. The van der Waals surface area contributed by atoms with E-state index in [4.69, 9.17) is 5.41 Å². The van der Waals surface area contributed by atoms with Crippen molar-refractivity contribution in [1.29, 1.82) is 5.41 Å². The van der Waals surface area contributed by atoms with Gasteiger partial charge in [-0.1, -0.05) is 12.1 Å². The molecular weight excluding hydrogens is 506 g/mol. The second kappa shape index (κ2) is 9.72. The molecule has 198 valence electrons. The number of aliphatic hydroxyl groups is 1. The number of fused-ring (bicyclic) bond motifs is 1. The summed E-state index contributed by atoms with van der Waals surface area (Å²) in [7, 11) is 1.79. The van der Waals surface area contributed by atoms with Crippen molar-refractivity contribution < 1.29 is 27.5 Å². The maximum Gasteiger partial charge on any atom is 0.400 e. The van der Waals surface area contributed by atoms with Crippen molar-refractivity contribution in [3.8, 4) is 22.5 Å². The highest BCUT2D eigenvalue weighted by molar-refractivity contribution is 6.03. The molecule has 0 bridgehead atoms. The number of rotatable bonds is 6. The van der Waals surface area contributed by atoms with Crippen LogP contribution in [0.2, 0.25) is 0 Å². The summed E-state index contributed by atoms with van der Waals surface area (Å²) in [5.74, 6) is -3.43. The minimum atomic E-state index is -4.76. The van der Waals surface area contributed by atoms with Crippen LogP contribution in [0.15, 0.2) is 61.0 Å². The van der Waals surface area contributed by atoms with Crippen molar-refractivity contribution in [3.05, 3.63) is 72.4 Å². The average Bonchev–Trinajstić information content (AvgIpc) is 3.45. The molecule has 0 saturated carbocycles. The Labute approximate surface area is 214 Å². The normalized spacial score (nSPS) is 12.7. The van der Waals surface area contributed by atoms with Crippen molar-refractivity contribution in [1.82, 2.24) is 29.5 Å². The van der Waals surface area contributed by atoms with Crippen LogP contribution in [0.25, 0.3) is 28.2 Å². The summed E-state index contributed by atoms with van der Waals surface area (Å²) in [5, 5.41) is 23.6. The summed E-state index contributed by atoms with van der Waals surface area (Å²) in [6, 6.07) is 5.98. The van der Waals surface area contributed by atoms with Crippen LogP contribution < -0.4 is 5.32 Å². The molecule has 9 nitrogen and oxygen atoms in total. The molecule has 0 spiro atoms. The largest absolute Gasteiger partial charge is 0.511 e. The second-order valence-corrected chi connectivity index (χ2v) is 9.15. The molecule has 0 aliphatic carbocycles. The molecule has 38 heavy (non-hydrogen) atoms. The average molecular weight is 529 g/mol. The van der Waals surface area contributed by atoms with Gasteiger partial charge in [-0.25, -0.2) is 14.4 Å². The van der Waals surface area contributed by atoms with E-state index in [1.54, 1.807) is 47.0 Å². The number of aryl methyl sites for hydroxylation is 1. The lowest BCUT2D eigenvalue weighted by molar-refractivity contribution is -0.206. The molecule has 4 rings (SSSR count). The highest BCUT2D eigenvalue weighted by atomic mass is 19.4. The third-order valence-corrected chi connectivity index (χ3v) is 6.01. The maximum atomic E-state index is 14.9. The lowest BCUT2D eigenvalue weighted by Crippen LogP contribution is -2.36. The van der Waals surface area contributed by atoms with Crippen LogP contribution in [0.1, 0.15) is 19.4 Å². The van der Waals surface area contributed by atoms with Gasteiger partial charge < -0.3 is 10.4 Å². The van der Waals surface area contributed by atoms with Gasteiger partial charge in [0.25, 0.3) is 0 Å². The van der Waals surface area contributed by atoms with Crippen molar-refractivity contribution in [2.45, 2.75) is 26.4 Å². The molecular formula is C25H23F4N7O2. The van der Waals surface area contributed by atoms with Crippen molar-refractivity contribution >= 4 is 17.4 Å². The summed E-state index contributed by atoms with van der Waals surface area (Å²) < 4.78 is 57.3. The minimum Gasteiger partial charge on any atom is -0.511 e. The number of hydrogen-bond donors (Lipinski definition) is 3. The van der Waals surface area contributed by atoms with Crippen molar-refractivity contribution in [3.63, 3.8) is 0 Å². The van der Waals surface area contributed by atoms with E-state index >= 15 is 0 Å². The Morgan fingerprint density at radius 3 is 2.53 bits per heavy atom. The zero-order chi connectivity index (χ0) is 27.8. The monoisotopic (exact) mass is 529 g/mol. The molecule has 0 aliphatic heterocycles. The highest BCUT2D eigenvalue weighted by Gasteiger charge is 2.50. The number of carbonyl (C=O) groups excluding carboxylic acids is 1. The number of alkyl halides is 3. The highest BCUT2D eigenvalue weighted by Crippen LogP contribution is 2.42. The Kier molecular flexibility index (Phi) is 6.78. The number of allylic oxidation sites excluding steroid dienone is 1. The first-order valence-corrected chi connectivity index (χ1v) is 11.2. The summed E-state index contributed by atoms with van der Waals surface area (Å²) >= 11 is 0. The number of hydrogen-bond acceptors (Lipinski definition) is 6. The molecule has 0 fully saturated rings. The molecule has 3 heterocycles. The zero-order valence-electron chi connectivity index (χ0n) is 20.5. The molecule has 0 aliphatic rings. The van der Waals surface area contributed by atoms with E-state index in [-0.39, 0.29) is 5.56 Å². The summed E-state index contributed by atoms with van der Waals surface area (Å²) in [6.07, 6.45) is 1.88. The van der Waals surface area contributed by atoms with Gasteiger partial charge in [0, 0.05) is 36.5 Å². The van der Waals surface area contributed by atoms with E-state index in [1.165, 1.54) is 12.1 Å². The molecule has 0 atom stereocenters. The number of nitrogens with one attached hydrogen (secondary N) is 2. The third-order valence-electron chi connectivity index (χ3n) is 6.01. The number of aliphatic hydroxyl groups excluding tert-OH is 1. The Balaban J connectivity index is 1.47. The smallest absolute Gasteiger partial charge is 0.400 e. The SMILES string of the molecule is Cn1cc(-c2cc3ncc(-c4ccc(CC(=O)NC(=N)/C=C(\O)C(C)(C)C(F)(F)F)c(F)c4)n3cn2)cn1. The van der Waals surface area contributed by atoms with Crippen LogP contribution in [0.5, 0.6) is 0 Å². The molecule has 1 aromatic carbocycles. The lowest BCUT2D eigenvalue weighted by atomic mass is 9.89. The quantitative estimate of drug-likeness (QED) is 0.146. The van der Waals surface area contributed by atoms with Crippen LogP contribution >= 0.6 is 0 Å². The molecule has 3 aromatic heterocycles. The lowest BCUT2D eigenvalue weighted by Gasteiger charge is -2.26. The molecule has 0 radical (unpaired) electrons. The van der Waals surface area contributed by atoms with Gasteiger partial charge in [-0.15, -0.1) is 0 Å². The Morgan fingerprint density at radius 2 is 1.89 bits per heavy atom. The topological polar surface area (TPSA) is 121 Å². The van der Waals surface area contributed by atoms with Crippen molar-refractivity contribution in [2.75, 3.05) is 0 Å². The number of amides is 1. The third kappa shape index (κ3) is 5.26. The van der Waals surface area contributed by atoms with Crippen LogP contribution in [-0.2, 0) is 18.3 Å². The number of carbonyl (C=O) groups is 1.